The third kappa shape index (κ3) is 8.57. The first-order valence-corrected chi connectivity index (χ1v) is 10.8. The van der Waals surface area contributed by atoms with Crippen molar-refractivity contribution in [3.8, 4) is 11.5 Å². The Bertz CT molecular complexity index is 821. The average molecular weight is 539 g/mol. The predicted octanol–water partition coefficient (Wildman–Crippen LogP) is 4.17. The molecule has 3 N–H and O–H groups in total. The SMILES string of the molecule is CCNC(=NCc1ccc(C)cc1OC1CCOC1)NCCCc1ccc(O)cc1.I. The van der Waals surface area contributed by atoms with Crippen LogP contribution in [0.4, 0.5) is 0 Å². The fourth-order valence-corrected chi connectivity index (χ4v) is 3.36. The van der Waals surface area contributed by atoms with E-state index in [4.69, 9.17) is 14.5 Å². The molecule has 0 spiro atoms. The van der Waals surface area contributed by atoms with Gasteiger partial charge >= 0.3 is 0 Å². The molecule has 1 fully saturated rings. The maximum absolute atomic E-state index is 9.38. The number of benzene rings is 2. The molecule has 3 rings (SSSR count). The van der Waals surface area contributed by atoms with Gasteiger partial charge in [-0.15, -0.1) is 24.0 Å². The van der Waals surface area contributed by atoms with E-state index in [1.807, 2.05) is 12.1 Å². The van der Waals surface area contributed by atoms with E-state index >= 15 is 0 Å². The normalized spacial score (nSPS) is 15.9. The van der Waals surface area contributed by atoms with Crippen LogP contribution >= 0.6 is 24.0 Å². The molecular weight excluding hydrogens is 505 g/mol. The molecule has 2 aromatic rings. The number of rotatable bonds is 9. The number of phenolic OH excluding ortho intramolecular Hbond substituents is 1. The summed E-state index contributed by atoms with van der Waals surface area (Å²) in [6.45, 7) is 7.74. The van der Waals surface area contributed by atoms with Crippen molar-refractivity contribution >= 4 is 29.9 Å². The molecule has 0 amide bonds. The van der Waals surface area contributed by atoms with Crippen molar-refractivity contribution in [2.75, 3.05) is 26.3 Å². The number of phenols is 1. The van der Waals surface area contributed by atoms with Crippen LogP contribution in [0.3, 0.4) is 0 Å². The van der Waals surface area contributed by atoms with Gasteiger partial charge in [-0.25, -0.2) is 4.99 Å². The first-order valence-electron chi connectivity index (χ1n) is 10.8. The Morgan fingerprint density at radius 3 is 2.71 bits per heavy atom. The Morgan fingerprint density at radius 2 is 2.00 bits per heavy atom. The fourth-order valence-electron chi connectivity index (χ4n) is 3.36. The third-order valence-corrected chi connectivity index (χ3v) is 5.03. The topological polar surface area (TPSA) is 75.1 Å². The number of halogens is 1. The van der Waals surface area contributed by atoms with Gasteiger partial charge in [0.05, 0.1) is 19.8 Å². The standard InChI is InChI=1S/C24H33N3O3.HI/c1-3-25-24(26-13-4-5-19-7-10-21(28)11-8-19)27-16-20-9-6-18(2)15-23(20)30-22-12-14-29-17-22;/h6-11,15,22,28H,3-5,12-14,16-17H2,1-2H3,(H2,25,26,27);1H. The van der Waals surface area contributed by atoms with Crippen LogP contribution in [-0.4, -0.2) is 43.5 Å². The zero-order valence-corrected chi connectivity index (χ0v) is 20.7. The molecule has 1 aliphatic rings. The van der Waals surface area contributed by atoms with E-state index in [1.165, 1.54) is 11.1 Å². The summed E-state index contributed by atoms with van der Waals surface area (Å²) in [5.41, 5.74) is 3.47. The van der Waals surface area contributed by atoms with Gasteiger partial charge in [0.1, 0.15) is 17.6 Å². The van der Waals surface area contributed by atoms with E-state index in [0.717, 1.165) is 56.2 Å². The molecule has 0 bridgehead atoms. The molecular formula is C24H34IN3O3. The third-order valence-electron chi connectivity index (χ3n) is 5.03. The maximum Gasteiger partial charge on any atom is 0.191 e. The molecule has 0 aromatic heterocycles. The summed E-state index contributed by atoms with van der Waals surface area (Å²) in [7, 11) is 0. The number of aryl methyl sites for hydroxylation is 2. The van der Waals surface area contributed by atoms with Crippen molar-refractivity contribution in [3.63, 3.8) is 0 Å². The van der Waals surface area contributed by atoms with Crippen LogP contribution in [0.25, 0.3) is 0 Å². The highest BCUT2D eigenvalue weighted by Gasteiger charge is 2.18. The Kier molecular flexibility index (Phi) is 10.9. The van der Waals surface area contributed by atoms with Gasteiger partial charge in [-0.05, 0) is 56.0 Å². The van der Waals surface area contributed by atoms with E-state index in [0.29, 0.717) is 18.9 Å². The van der Waals surface area contributed by atoms with Gasteiger partial charge in [0.15, 0.2) is 5.96 Å². The lowest BCUT2D eigenvalue weighted by molar-refractivity contribution is 0.140. The lowest BCUT2D eigenvalue weighted by Gasteiger charge is -2.16. The van der Waals surface area contributed by atoms with Gasteiger partial charge in [-0.1, -0.05) is 24.3 Å². The summed E-state index contributed by atoms with van der Waals surface area (Å²) in [4.78, 5) is 4.75. The summed E-state index contributed by atoms with van der Waals surface area (Å²) < 4.78 is 11.6. The number of aromatic hydroxyl groups is 1. The summed E-state index contributed by atoms with van der Waals surface area (Å²) in [5, 5.41) is 16.1. The number of nitrogens with one attached hydrogen (secondary N) is 2. The van der Waals surface area contributed by atoms with Crippen molar-refractivity contribution in [1.82, 2.24) is 10.6 Å². The molecule has 170 valence electrons. The van der Waals surface area contributed by atoms with Crippen molar-refractivity contribution < 1.29 is 14.6 Å². The molecule has 6 nitrogen and oxygen atoms in total. The molecule has 7 heteroatoms. The number of guanidine groups is 1. The summed E-state index contributed by atoms with van der Waals surface area (Å²) in [6.07, 6.45) is 2.99. The van der Waals surface area contributed by atoms with Crippen LogP contribution < -0.4 is 15.4 Å². The van der Waals surface area contributed by atoms with E-state index in [1.54, 1.807) is 12.1 Å². The number of hydrogen-bond donors (Lipinski definition) is 3. The largest absolute Gasteiger partial charge is 0.508 e. The summed E-state index contributed by atoms with van der Waals surface area (Å²) >= 11 is 0. The molecule has 1 unspecified atom stereocenters. The van der Waals surface area contributed by atoms with Crippen LogP contribution in [0.2, 0.25) is 0 Å². The van der Waals surface area contributed by atoms with Gasteiger partial charge in [-0.2, -0.15) is 0 Å². The van der Waals surface area contributed by atoms with Crippen molar-refractivity contribution in [3.05, 3.63) is 59.2 Å². The molecule has 0 radical (unpaired) electrons. The first-order chi connectivity index (χ1) is 14.6. The highest BCUT2D eigenvalue weighted by molar-refractivity contribution is 14.0. The number of hydrogen-bond acceptors (Lipinski definition) is 4. The molecule has 2 aromatic carbocycles. The quantitative estimate of drug-likeness (QED) is 0.193. The van der Waals surface area contributed by atoms with Crippen LogP contribution in [0.15, 0.2) is 47.5 Å². The fraction of sp³-hybridized carbons (Fsp3) is 0.458. The Hall–Kier alpha value is -2.00. The van der Waals surface area contributed by atoms with Crippen LogP contribution in [0.1, 0.15) is 36.5 Å². The van der Waals surface area contributed by atoms with Crippen molar-refractivity contribution in [2.45, 2.75) is 45.8 Å². The van der Waals surface area contributed by atoms with Crippen molar-refractivity contribution in [1.29, 1.82) is 0 Å². The van der Waals surface area contributed by atoms with Gasteiger partial charge < -0.3 is 25.2 Å². The van der Waals surface area contributed by atoms with Crippen molar-refractivity contribution in [2.24, 2.45) is 4.99 Å². The number of aliphatic imine (C=N–C) groups is 1. The molecule has 1 aliphatic heterocycles. The van der Waals surface area contributed by atoms with Gasteiger partial charge in [0, 0.05) is 25.1 Å². The minimum absolute atomic E-state index is 0. The Balaban J connectivity index is 0.00000341. The van der Waals surface area contributed by atoms with Crippen LogP contribution in [0, 0.1) is 6.92 Å². The molecule has 0 aliphatic carbocycles. The summed E-state index contributed by atoms with van der Waals surface area (Å²) in [6, 6.07) is 13.7. The lowest BCUT2D eigenvalue weighted by atomic mass is 10.1. The molecule has 1 saturated heterocycles. The monoisotopic (exact) mass is 539 g/mol. The zero-order chi connectivity index (χ0) is 21.2. The molecule has 1 atom stereocenters. The average Bonchev–Trinajstić information content (AvgIpc) is 3.25. The van der Waals surface area contributed by atoms with Gasteiger partial charge in [-0.3, -0.25) is 0 Å². The minimum atomic E-state index is 0. The first kappa shape index (κ1) is 25.3. The van der Waals surface area contributed by atoms with E-state index < -0.39 is 0 Å². The van der Waals surface area contributed by atoms with Gasteiger partial charge in [0.2, 0.25) is 0 Å². The van der Waals surface area contributed by atoms with Crippen LogP contribution in [-0.2, 0) is 17.7 Å². The van der Waals surface area contributed by atoms with Crippen LogP contribution in [0.5, 0.6) is 11.5 Å². The minimum Gasteiger partial charge on any atom is -0.508 e. The smallest absolute Gasteiger partial charge is 0.191 e. The van der Waals surface area contributed by atoms with Gasteiger partial charge in [0.25, 0.3) is 0 Å². The highest BCUT2D eigenvalue weighted by Crippen LogP contribution is 2.24. The molecule has 31 heavy (non-hydrogen) atoms. The molecule has 0 saturated carbocycles. The van der Waals surface area contributed by atoms with E-state index in [-0.39, 0.29) is 30.1 Å². The lowest BCUT2D eigenvalue weighted by Crippen LogP contribution is -2.37. The maximum atomic E-state index is 9.38. The molecule has 1 heterocycles. The number of nitrogens with zero attached hydrogens (tertiary/aromatic N) is 1. The Morgan fingerprint density at radius 1 is 1.19 bits per heavy atom. The van der Waals surface area contributed by atoms with E-state index in [2.05, 4.69) is 42.7 Å². The highest BCUT2D eigenvalue weighted by atomic mass is 127. The van der Waals surface area contributed by atoms with E-state index in [9.17, 15) is 5.11 Å². The summed E-state index contributed by atoms with van der Waals surface area (Å²) in [5.74, 6) is 2.01. The Labute approximate surface area is 202 Å². The second-order valence-electron chi connectivity index (χ2n) is 7.61. The second kappa shape index (κ2) is 13.4. The number of ether oxygens (including phenoxy) is 2. The predicted molar refractivity (Wildman–Crippen MR) is 136 cm³/mol. The second-order valence-corrected chi connectivity index (χ2v) is 7.61. The zero-order valence-electron chi connectivity index (χ0n) is 18.4.